The molecule has 2 atom stereocenters. The van der Waals surface area contributed by atoms with Crippen molar-refractivity contribution in [3.63, 3.8) is 0 Å². The van der Waals surface area contributed by atoms with Crippen LogP contribution in [0.3, 0.4) is 0 Å². The number of amides is 2. The van der Waals surface area contributed by atoms with Gasteiger partial charge in [0.1, 0.15) is 0 Å². The van der Waals surface area contributed by atoms with Crippen molar-refractivity contribution in [3.05, 3.63) is 30.0 Å². The monoisotopic (exact) mass is 287 g/mol. The van der Waals surface area contributed by atoms with Crippen molar-refractivity contribution in [2.45, 2.75) is 32.9 Å². The molecule has 0 aliphatic carbocycles. The summed E-state index contributed by atoms with van der Waals surface area (Å²) in [6, 6.07) is 7.99. The minimum atomic E-state index is -0.0655. The summed E-state index contributed by atoms with van der Waals surface area (Å²) in [5, 5.41) is 4.09. The van der Waals surface area contributed by atoms with Gasteiger partial charge in [-0.3, -0.25) is 0 Å². The van der Waals surface area contributed by atoms with Crippen LogP contribution in [0.4, 0.5) is 10.5 Å². The SMILES string of the molecule is Cc1cc2cc(NC(=O)N3CCO[C@@H](C)[C@@H]3C)ccc2[nH]1. The Morgan fingerprint density at radius 2 is 2.19 bits per heavy atom. The molecule has 112 valence electrons. The molecule has 1 aromatic heterocycles. The van der Waals surface area contributed by atoms with E-state index >= 15 is 0 Å². The average Bonchev–Trinajstić information content (AvgIpc) is 2.81. The van der Waals surface area contributed by atoms with Gasteiger partial charge in [0.2, 0.25) is 0 Å². The van der Waals surface area contributed by atoms with Crippen LogP contribution in [0.2, 0.25) is 0 Å². The summed E-state index contributed by atoms with van der Waals surface area (Å²) in [7, 11) is 0. The minimum Gasteiger partial charge on any atom is -0.375 e. The van der Waals surface area contributed by atoms with Crippen LogP contribution < -0.4 is 5.32 Å². The molecule has 2 amide bonds. The summed E-state index contributed by atoms with van der Waals surface area (Å²) in [6.45, 7) is 7.26. The molecule has 2 aromatic rings. The Morgan fingerprint density at radius 3 is 3.00 bits per heavy atom. The number of carbonyl (C=O) groups is 1. The Kier molecular flexibility index (Phi) is 3.59. The Morgan fingerprint density at radius 1 is 1.38 bits per heavy atom. The normalized spacial score (nSPS) is 22.5. The maximum absolute atomic E-state index is 12.4. The highest BCUT2D eigenvalue weighted by atomic mass is 16.5. The van der Waals surface area contributed by atoms with Crippen LogP contribution in [0.1, 0.15) is 19.5 Å². The van der Waals surface area contributed by atoms with Crippen molar-refractivity contribution < 1.29 is 9.53 Å². The third kappa shape index (κ3) is 2.74. The second kappa shape index (κ2) is 5.41. The number of nitrogens with zero attached hydrogens (tertiary/aromatic N) is 1. The van der Waals surface area contributed by atoms with Gasteiger partial charge in [0.25, 0.3) is 0 Å². The van der Waals surface area contributed by atoms with Gasteiger partial charge in [0.05, 0.1) is 18.8 Å². The zero-order valence-electron chi connectivity index (χ0n) is 12.6. The highest BCUT2D eigenvalue weighted by Crippen LogP contribution is 2.21. The third-order valence-electron chi connectivity index (χ3n) is 4.15. The molecule has 0 spiro atoms. The predicted octanol–water partition coefficient (Wildman–Crippen LogP) is 3.12. The van der Waals surface area contributed by atoms with Crippen LogP contribution in [0, 0.1) is 6.92 Å². The van der Waals surface area contributed by atoms with E-state index in [1.54, 1.807) is 0 Å². The van der Waals surface area contributed by atoms with Crippen LogP contribution in [-0.4, -0.2) is 41.2 Å². The molecule has 1 aromatic carbocycles. The molecule has 1 fully saturated rings. The minimum absolute atomic E-state index is 0.0655. The van der Waals surface area contributed by atoms with Gasteiger partial charge in [0, 0.05) is 28.8 Å². The summed E-state index contributed by atoms with van der Waals surface area (Å²) in [5.74, 6) is 0. The quantitative estimate of drug-likeness (QED) is 0.846. The van der Waals surface area contributed by atoms with Crippen molar-refractivity contribution in [2.75, 3.05) is 18.5 Å². The molecule has 0 bridgehead atoms. The van der Waals surface area contributed by atoms with E-state index in [9.17, 15) is 4.79 Å². The molecule has 2 heterocycles. The molecule has 0 unspecified atom stereocenters. The van der Waals surface area contributed by atoms with Crippen molar-refractivity contribution >= 4 is 22.6 Å². The number of hydrogen-bond donors (Lipinski definition) is 2. The van der Waals surface area contributed by atoms with Crippen LogP contribution >= 0.6 is 0 Å². The van der Waals surface area contributed by atoms with Crippen LogP contribution in [0.25, 0.3) is 10.9 Å². The van der Waals surface area contributed by atoms with Crippen molar-refractivity contribution in [3.8, 4) is 0 Å². The fourth-order valence-corrected chi connectivity index (χ4v) is 2.77. The lowest BCUT2D eigenvalue weighted by Crippen LogP contribution is -2.52. The number of aromatic amines is 1. The Labute approximate surface area is 124 Å². The predicted molar refractivity (Wildman–Crippen MR) is 83.6 cm³/mol. The maximum atomic E-state index is 12.4. The summed E-state index contributed by atoms with van der Waals surface area (Å²) < 4.78 is 5.56. The molecule has 5 heteroatoms. The van der Waals surface area contributed by atoms with Gasteiger partial charge in [0.15, 0.2) is 0 Å². The first-order valence-electron chi connectivity index (χ1n) is 7.33. The van der Waals surface area contributed by atoms with Crippen LogP contribution in [0.5, 0.6) is 0 Å². The van der Waals surface area contributed by atoms with Crippen LogP contribution in [0.15, 0.2) is 24.3 Å². The lowest BCUT2D eigenvalue weighted by Gasteiger charge is -2.37. The number of ether oxygens (including phenoxy) is 1. The summed E-state index contributed by atoms with van der Waals surface area (Å²) in [6.07, 6.45) is 0.0688. The van der Waals surface area contributed by atoms with Gasteiger partial charge < -0.3 is 19.9 Å². The molecule has 0 saturated carbocycles. The molecule has 0 radical (unpaired) electrons. The van der Waals surface area contributed by atoms with E-state index in [1.807, 2.05) is 43.9 Å². The van der Waals surface area contributed by atoms with E-state index in [1.165, 1.54) is 0 Å². The smallest absolute Gasteiger partial charge is 0.322 e. The molecular weight excluding hydrogens is 266 g/mol. The van der Waals surface area contributed by atoms with E-state index < -0.39 is 0 Å². The van der Waals surface area contributed by atoms with Gasteiger partial charge in [-0.05, 0) is 45.0 Å². The standard InChI is InChI=1S/C16H21N3O2/c1-10-8-13-9-14(4-5-15(13)17-10)18-16(20)19-6-7-21-12(3)11(19)2/h4-5,8-9,11-12,17H,6-7H2,1-3H3,(H,18,20)/t11-,12-/m0/s1. The fourth-order valence-electron chi connectivity index (χ4n) is 2.77. The fraction of sp³-hybridized carbons (Fsp3) is 0.438. The van der Waals surface area contributed by atoms with E-state index in [0.717, 1.165) is 22.3 Å². The molecule has 3 rings (SSSR count). The lowest BCUT2D eigenvalue weighted by atomic mass is 10.1. The average molecular weight is 287 g/mol. The molecule has 1 saturated heterocycles. The number of benzene rings is 1. The van der Waals surface area contributed by atoms with Gasteiger partial charge >= 0.3 is 6.03 Å². The molecule has 5 nitrogen and oxygen atoms in total. The Balaban J connectivity index is 1.76. The number of aromatic nitrogens is 1. The third-order valence-corrected chi connectivity index (χ3v) is 4.15. The number of rotatable bonds is 1. The Bertz CT molecular complexity index is 665. The van der Waals surface area contributed by atoms with Gasteiger partial charge in [-0.1, -0.05) is 0 Å². The van der Waals surface area contributed by atoms with E-state index in [4.69, 9.17) is 4.74 Å². The highest BCUT2D eigenvalue weighted by Gasteiger charge is 2.29. The molecule has 21 heavy (non-hydrogen) atoms. The van der Waals surface area contributed by atoms with Crippen molar-refractivity contribution in [1.29, 1.82) is 0 Å². The summed E-state index contributed by atoms with van der Waals surface area (Å²) >= 11 is 0. The largest absolute Gasteiger partial charge is 0.375 e. The summed E-state index contributed by atoms with van der Waals surface area (Å²) in [4.78, 5) is 17.5. The second-order valence-corrected chi connectivity index (χ2v) is 5.69. The molecule has 1 aliphatic heterocycles. The topological polar surface area (TPSA) is 57.4 Å². The highest BCUT2D eigenvalue weighted by molar-refractivity contribution is 5.93. The van der Waals surface area contributed by atoms with Crippen molar-refractivity contribution in [2.24, 2.45) is 0 Å². The van der Waals surface area contributed by atoms with Gasteiger partial charge in [-0.2, -0.15) is 0 Å². The number of anilines is 1. The number of morpholine rings is 1. The zero-order valence-corrected chi connectivity index (χ0v) is 12.6. The number of urea groups is 1. The van der Waals surface area contributed by atoms with Crippen LogP contribution in [-0.2, 0) is 4.74 Å². The molecular formula is C16H21N3O2. The molecule has 1 aliphatic rings. The zero-order chi connectivity index (χ0) is 15.0. The van der Waals surface area contributed by atoms with E-state index in [2.05, 4.69) is 16.4 Å². The van der Waals surface area contributed by atoms with Gasteiger partial charge in [-0.15, -0.1) is 0 Å². The number of H-pyrrole nitrogens is 1. The first kappa shape index (κ1) is 13.9. The number of hydrogen-bond acceptors (Lipinski definition) is 2. The van der Waals surface area contributed by atoms with Crippen molar-refractivity contribution in [1.82, 2.24) is 9.88 Å². The first-order chi connectivity index (χ1) is 10.0. The first-order valence-corrected chi connectivity index (χ1v) is 7.33. The number of carbonyl (C=O) groups excluding carboxylic acids is 1. The lowest BCUT2D eigenvalue weighted by molar-refractivity contribution is -0.0355. The van der Waals surface area contributed by atoms with E-state index in [0.29, 0.717) is 13.2 Å². The molecule has 2 N–H and O–H groups in total. The number of nitrogens with one attached hydrogen (secondary N) is 2. The second-order valence-electron chi connectivity index (χ2n) is 5.69. The van der Waals surface area contributed by atoms with Gasteiger partial charge in [-0.25, -0.2) is 4.79 Å². The summed E-state index contributed by atoms with van der Waals surface area (Å²) in [5.41, 5.74) is 3.01. The Hall–Kier alpha value is -2.01. The number of fused-ring (bicyclic) bond motifs is 1. The number of aryl methyl sites for hydroxylation is 1. The maximum Gasteiger partial charge on any atom is 0.322 e. The van der Waals surface area contributed by atoms with E-state index in [-0.39, 0.29) is 18.2 Å².